The van der Waals surface area contributed by atoms with E-state index >= 15 is 0 Å². The van der Waals surface area contributed by atoms with Gasteiger partial charge in [0.1, 0.15) is 29.0 Å². The molecule has 0 saturated heterocycles. The van der Waals surface area contributed by atoms with Crippen LogP contribution >= 0.6 is 0 Å². The van der Waals surface area contributed by atoms with Crippen LogP contribution in [-0.2, 0) is 19.7 Å². The van der Waals surface area contributed by atoms with Crippen LogP contribution in [0.25, 0.3) is 0 Å². The number of hydrogen-bond acceptors (Lipinski definition) is 6. The number of nitrogens with one attached hydrogen (secondary N) is 1. The highest BCUT2D eigenvalue weighted by atomic mass is 32.2. The van der Waals surface area contributed by atoms with Gasteiger partial charge in [0.25, 0.3) is 15.6 Å². The van der Waals surface area contributed by atoms with Gasteiger partial charge in [-0.2, -0.15) is 0 Å². The Morgan fingerprint density at radius 3 is 2.50 bits per heavy atom. The first-order chi connectivity index (χ1) is 14.0. The first-order valence-electron chi connectivity index (χ1n) is 8.54. The van der Waals surface area contributed by atoms with Crippen molar-refractivity contribution in [2.45, 2.75) is 24.3 Å². The number of pyridine rings is 1. The minimum atomic E-state index is -4.40. The van der Waals surface area contributed by atoms with Crippen LogP contribution in [0.3, 0.4) is 0 Å². The molecule has 0 spiro atoms. The van der Waals surface area contributed by atoms with Crippen LogP contribution in [0.15, 0.2) is 51.2 Å². The van der Waals surface area contributed by atoms with Gasteiger partial charge in [-0.15, -0.1) is 0 Å². The zero-order valence-corrected chi connectivity index (χ0v) is 16.7. The molecule has 30 heavy (non-hydrogen) atoms. The number of benzene rings is 1. The molecule has 1 aromatic heterocycles. The zero-order chi connectivity index (χ0) is 22.5. The second kappa shape index (κ2) is 9.26. The Kier molecular flexibility index (Phi) is 7.00. The molecule has 1 amide bonds. The Bertz CT molecular complexity index is 1130. The molecule has 1 aromatic carbocycles. The minimum absolute atomic E-state index is 0.0730. The van der Waals surface area contributed by atoms with Crippen molar-refractivity contribution in [3.63, 3.8) is 0 Å². The number of nitrogens with two attached hydrogens (primary N) is 3. The first kappa shape index (κ1) is 22.7. The number of aryl methyl sites for hydroxylation is 1. The van der Waals surface area contributed by atoms with Gasteiger partial charge >= 0.3 is 0 Å². The number of hydrogen-bond donors (Lipinski definition) is 4. The van der Waals surface area contributed by atoms with Gasteiger partial charge in [0.15, 0.2) is 0 Å². The maximum absolute atomic E-state index is 13.9. The van der Waals surface area contributed by atoms with Gasteiger partial charge in [0, 0.05) is 12.1 Å². The Labute approximate surface area is 171 Å². The third-order valence-electron chi connectivity index (χ3n) is 3.98. The summed E-state index contributed by atoms with van der Waals surface area (Å²) in [5.74, 6) is -2.17. The third-order valence-corrected chi connectivity index (χ3v) is 5.38. The van der Waals surface area contributed by atoms with Crippen molar-refractivity contribution in [3.8, 4) is 0 Å². The van der Waals surface area contributed by atoms with E-state index in [0.29, 0.717) is 5.69 Å². The van der Waals surface area contributed by atoms with E-state index in [9.17, 15) is 22.4 Å². The lowest BCUT2D eigenvalue weighted by atomic mass is 10.1. The number of guanidine groups is 1. The minimum Gasteiger partial charge on any atom is -0.393 e. The van der Waals surface area contributed by atoms with Crippen molar-refractivity contribution in [1.29, 1.82) is 0 Å². The van der Waals surface area contributed by atoms with Crippen molar-refractivity contribution in [2.75, 3.05) is 11.3 Å². The number of oxime groups is 1. The molecule has 1 unspecified atom stereocenters. The molecular formula is C17H21FN6O5S. The lowest BCUT2D eigenvalue weighted by Gasteiger charge is -2.20. The molecular weight excluding hydrogens is 419 g/mol. The van der Waals surface area contributed by atoms with Crippen LogP contribution in [0.4, 0.5) is 10.1 Å². The summed E-state index contributed by atoms with van der Waals surface area (Å²) < 4.78 is 42.0. The number of carbonyl (C=O) groups excluding carboxylic acids is 1. The number of anilines is 1. The molecule has 13 heteroatoms. The summed E-state index contributed by atoms with van der Waals surface area (Å²) in [5.41, 5.74) is 14.8. The predicted molar refractivity (Wildman–Crippen MR) is 107 cm³/mol. The SMILES string of the molecule is Cc1ccc(NS(=O)(=O)c2ccccc2F)c(=O)n1C(CCON=C(N)N)C(N)=O. The number of rotatable bonds is 9. The molecule has 0 aliphatic heterocycles. The fraction of sp³-hybridized carbons (Fsp3) is 0.235. The average molecular weight is 440 g/mol. The number of sulfonamides is 1. The van der Waals surface area contributed by atoms with E-state index in [1.165, 1.54) is 31.2 Å². The van der Waals surface area contributed by atoms with E-state index in [1.54, 1.807) is 0 Å². The van der Waals surface area contributed by atoms with Crippen molar-refractivity contribution in [1.82, 2.24) is 4.57 Å². The molecule has 1 heterocycles. The van der Waals surface area contributed by atoms with Crippen LogP contribution in [-0.4, -0.2) is 31.5 Å². The largest absolute Gasteiger partial charge is 0.393 e. The number of carbonyl (C=O) groups is 1. The summed E-state index contributed by atoms with van der Waals surface area (Å²) in [6, 6.07) is 6.14. The van der Waals surface area contributed by atoms with Crippen LogP contribution in [0.2, 0.25) is 0 Å². The molecule has 0 fully saturated rings. The summed E-state index contributed by atoms with van der Waals surface area (Å²) >= 11 is 0. The fourth-order valence-corrected chi connectivity index (χ4v) is 3.79. The fourth-order valence-electron chi connectivity index (χ4n) is 2.66. The number of aromatic nitrogens is 1. The molecule has 2 aromatic rings. The summed E-state index contributed by atoms with van der Waals surface area (Å²) in [6.45, 7) is 1.38. The number of halogens is 1. The lowest BCUT2D eigenvalue weighted by molar-refractivity contribution is -0.121. The molecule has 0 aliphatic rings. The van der Waals surface area contributed by atoms with Crippen molar-refractivity contribution < 1.29 is 22.4 Å². The molecule has 0 saturated carbocycles. The highest BCUT2D eigenvalue weighted by Crippen LogP contribution is 2.19. The predicted octanol–water partition coefficient (Wildman–Crippen LogP) is -0.282. The van der Waals surface area contributed by atoms with Gasteiger partial charge in [-0.3, -0.25) is 18.9 Å². The third kappa shape index (κ3) is 5.26. The standard InChI is InChI=1S/C17H21FN6O5S/c1-10-6-7-12(23-30(27,28)14-5-3-2-4-11(14)18)16(26)24(10)13(15(19)25)8-9-29-22-17(20)21/h2-7,13,23H,8-9H2,1H3,(H2,19,25)(H4,20,21,22). The van der Waals surface area contributed by atoms with E-state index in [2.05, 4.69) is 5.16 Å². The Morgan fingerprint density at radius 2 is 1.90 bits per heavy atom. The maximum atomic E-state index is 13.9. The topological polar surface area (TPSA) is 185 Å². The summed E-state index contributed by atoms with van der Waals surface area (Å²) in [6.07, 6.45) is -0.0730. The Hall–Kier alpha value is -3.61. The Balaban J connectivity index is 2.40. The number of amides is 1. The molecule has 7 N–H and O–H groups in total. The monoisotopic (exact) mass is 440 g/mol. The summed E-state index contributed by atoms with van der Waals surface area (Å²) in [5, 5.41) is 3.31. The van der Waals surface area contributed by atoms with Crippen molar-refractivity contribution in [3.05, 3.63) is 58.3 Å². The molecule has 11 nitrogen and oxygen atoms in total. The Morgan fingerprint density at radius 1 is 1.23 bits per heavy atom. The van der Waals surface area contributed by atoms with E-state index in [0.717, 1.165) is 16.7 Å². The van der Waals surface area contributed by atoms with Gasteiger partial charge in [-0.05, 0) is 36.3 Å². The van der Waals surface area contributed by atoms with Gasteiger partial charge in [0.05, 0.1) is 0 Å². The van der Waals surface area contributed by atoms with Crippen LogP contribution in [0.5, 0.6) is 0 Å². The normalized spacial score (nSPS) is 12.1. The van der Waals surface area contributed by atoms with Gasteiger partial charge in [0.2, 0.25) is 11.9 Å². The summed E-state index contributed by atoms with van der Waals surface area (Å²) in [7, 11) is -4.40. The van der Waals surface area contributed by atoms with Crippen LogP contribution in [0.1, 0.15) is 18.2 Å². The lowest BCUT2D eigenvalue weighted by Crippen LogP contribution is -2.37. The van der Waals surface area contributed by atoms with E-state index in [1.807, 2.05) is 4.72 Å². The number of nitrogens with zero attached hydrogens (tertiary/aromatic N) is 2. The van der Waals surface area contributed by atoms with Gasteiger partial charge in [-0.25, -0.2) is 12.8 Å². The van der Waals surface area contributed by atoms with E-state index in [4.69, 9.17) is 22.0 Å². The number of primary amides is 1. The highest BCUT2D eigenvalue weighted by Gasteiger charge is 2.25. The van der Waals surface area contributed by atoms with Crippen LogP contribution in [0, 0.1) is 12.7 Å². The second-order valence-corrected chi connectivity index (χ2v) is 7.81. The van der Waals surface area contributed by atoms with Gasteiger partial charge in [-0.1, -0.05) is 12.1 Å². The van der Waals surface area contributed by atoms with Crippen molar-refractivity contribution in [2.24, 2.45) is 22.4 Å². The average Bonchev–Trinajstić information content (AvgIpc) is 2.65. The highest BCUT2D eigenvalue weighted by molar-refractivity contribution is 7.92. The van der Waals surface area contributed by atoms with Crippen molar-refractivity contribution >= 4 is 27.6 Å². The molecule has 2 rings (SSSR count). The van der Waals surface area contributed by atoms with Gasteiger partial charge < -0.3 is 22.0 Å². The van der Waals surface area contributed by atoms with E-state index in [-0.39, 0.29) is 24.7 Å². The first-order valence-corrected chi connectivity index (χ1v) is 10.0. The molecule has 162 valence electrons. The smallest absolute Gasteiger partial charge is 0.275 e. The van der Waals surface area contributed by atoms with Crippen LogP contribution < -0.4 is 27.5 Å². The molecule has 0 radical (unpaired) electrons. The van der Waals surface area contributed by atoms with E-state index < -0.39 is 38.2 Å². The maximum Gasteiger partial charge on any atom is 0.275 e. The second-order valence-electron chi connectivity index (χ2n) is 6.16. The molecule has 0 bridgehead atoms. The summed E-state index contributed by atoms with van der Waals surface area (Å²) in [4.78, 5) is 29.0. The molecule has 0 aliphatic carbocycles. The quantitative estimate of drug-likeness (QED) is 0.179. The molecule has 1 atom stereocenters. The zero-order valence-electron chi connectivity index (χ0n) is 15.9.